The van der Waals surface area contributed by atoms with E-state index in [0.717, 1.165) is 55.6 Å². The Balaban J connectivity index is 1.90. The molecule has 3 heteroatoms. The summed E-state index contributed by atoms with van der Waals surface area (Å²) >= 11 is 0. The highest BCUT2D eigenvalue weighted by Crippen LogP contribution is 2.43. The van der Waals surface area contributed by atoms with E-state index in [-0.39, 0.29) is 12.4 Å². The Morgan fingerprint density at radius 1 is 1.33 bits per heavy atom. The number of Topliss-reactive ketones (excluding diaryl/α,β-unsaturated/α-hetero) is 1. The number of aryl methyl sites for hydroxylation is 1. The van der Waals surface area contributed by atoms with Crippen molar-refractivity contribution in [3.05, 3.63) is 29.3 Å². The molecule has 3 rings (SSSR count). The molecular weight excluding hydrogens is 228 g/mol. The molecule has 1 aliphatic carbocycles. The van der Waals surface area contributed by atoms with E-state index in [0.29, 0.717) is 0 Å². The van der Waals surface area contributed by atoms with E-state index in [1.165, 1.54) is 0 Å². The van der Waals surface area contributed by atoms with Crippen LogP contribution in [0.3, 0.4) is 0 Å². The minimum Gasteiger partial charge on any atom is -0.493 e. The van der Waals surface area contributed by atoms with E-state index in [9.17, 15) is 9.90 Å². The largest absolute Gasteiger partial charge is 0.493 e. The molecule has 0 spiro atoms. The van der Waals surface area contributed by atoms with Crippen molar-refractivity contribution in [1.29, 1.82) is 0 Å². The number of carbonyl (C=O) groups excluding carboxylic acids is 1. The van der Waals surface area contributed by atoms with Gasteiger partial charge in [0.2, 0.25) is 0 Å². The van der Waals surface area contributed by atoms with Crippen LogP contribution in [0.2, 0.25) is 0 Å². The van der Waals surface area contributed by atoms with Crippen LogP contribution >= 0.6 is 0 Å². The van der Waals surface area contributed by atoms with Gasteiger partial charge < -0.3 is 9.84 Å². The lowest BCUT2D eigenvalue weighted by Gasteiger charge is -2.38. The number of benzene rings is 1. The molecule has 2 aliphatic rings. The first-order chi connectivity index (χ1) is 8.75. The van der Waals surface area contributed by atoms with Crippen molar-refractivity contribution >= 4 is 5.78 Å². The van der Waals surface area contributed by atoms with Crippen LogP contribution in [-0.2, 0) is 6.42 Å². The number of ketones is 1. The molecule has 0 bridgehead atoms. The van der Waals surface area contributed by atoms with Gasteiger partial charge in [0.15, 0.2) is 5.78 Å². The Morgan fingerprint density at radius 2 is 2.17 bits per heavy atom. The number of ether oxygens (including phenoxy) is 1. The van der Waals surface area contributed by atoms with E-state index >= 15 is 0 Å². The number of aliphatic hydroxyl groups is 1. The van der Waals surface area contributed by atoms with Crippen LogP contribution in [-0.4, -0.2) is 24.1 Å². The van der Waals surface area contributed by atoms with Gasteiger partial charge in [-0.15, -0.1) is 0 Å². The fraction of sp³-hybridized carbons (Fsp3) is 0.533. The average Bonchev–Trinajstić information content (AvgIpc) is 2.37. The van der Waals surface area contributed by atoms with Crippen LogP contribution in [0.25, 0.3) is 0 Å². The number of rotatable bonds is 3. The zero-order valence-electron chi connectivity index (χ0n) is 10.4. The maximum atomic E-state index is 12.5. The molecule has 0 saturated heterocycles. The third kappa shape index (κ3) is 1.74. The second-order valence-corrected chi connectivity index (χ2v) is 5.40. The van der Waals surface area contributed by atoms with Crippen molar-refractivity contribution in [2.75, 3.05) is 13.2 Å². The Hall–Kier alpha value is -1.35. The van der Waals surface area contributed by atoms with Crippen molar-refractivity contribution in [3.63, 3.8) is 0 Å². The Bertz CT molecular complexity index is 469. The highest BCUT2D eigenvalue weighted by Gasteiger charge is 2.43. The lowest BCUT2D eigenvalue weighted by atomic mass is 9.65. The summed E-state index contributed by atoms with van der Waals surface area (Å²) in [5.74, 6) is 1.01. The number of hydrogen-bond donors (Lipinski definition) is 1. The van der Waals surface area contributed by atoms with Crippen LogP contribution < -0.4 is 4.74 Å². The molecule has 1 aromatic carbocycles. The molecule has 0 atom stereocenters. The van der Waals surface area contributed by atoms with Gasteiger partial charge >= 0.3 is 0 Å². The maximum absolute atomic E-state index is 12.5. The molecule has 1 aliphatic heterocycles. The molecule has 1 aromatic rings. The quantitative estimate of drug-likeness (QED) is 0.833. The van der Waals surface area contributed by atoms with Gasteiger partial charge in [-0.1, -0.05) is 6.42 Å². The summed E-state index contributed by atoms with van der Waals surface area (Å²) in [5, 5.41) is 9.46. The van der Waals surface area contributed by atoms with Crippen molar-refractivity contribution in [2.45, 2.75) is 32.1 Å². The molecule has 0 radical (unpaired) electrons. The first kappa shape index (κ1) is 11.7. The molecule has 1 saturated carbocycles. The Morgan fingerprint density at radius 3 is 2.83 bits per heavy atom. The summed E-state index contributed by atoms with van der Waals surface area (Å²) < 4.78 is 5.55. The molecular formula is C15H18O3. The van der Waals surface area contributed by atoms with Crippen LogP contribution in [0.1, 0.15) is 41.6 Å². The Labute approximate surface area is 107 Å². The second kappa shape index (κ2) is 4.39. The lowest BCUT2D eigenvalue weighted by molar-refractivity contribution is 0.0348. The summed E-state index contributed by atoms with van der Waals surface area (Å²) in [6, 6.07) is 5.68. The lowest BCUT2D eigenvalue weighted by Crippen LogP contribution is -2.41. The van der Waals surface area contributed by atoms with Gasteiger partial charge in [-0.2, -0.15) is 0 Å². The van der Waals surface area contributed by atoms with E-state index in [2.05, 4.69) is 0 Å². The van der Waals surface area contributed by atoms with E-state index in [4.69, 9.17) is 4.74 Å². The van der Waals surface area contributed by atoms with Crippen molar-refractivity contribution < 1.29 is 14.6 Å². The third-order valence-electron chi connectivity index (χ3n) is 4.27. The summed E-state index contributed by atoms with van der Waals surface area (Å²) in [7, 11) is 0. The maximum Gasteiger partial charge on any atom is 0.171 e. The minimum atomic E-state index is -0.496. The smallest absolute Gasteiger partial charge is 0.171 e. The van der Waals surface area contributed by atoms with Crippen LogP contribution in [0.4, 0.5) is 0 Å². The van der Waals surface area contributed by atoms with Gasteiger partial charge in [0.05, 0.1) is 18.6 Å². The molecule has 1 heterocycles. The van der Waals surface area contributed by atoms with Gasteiger partial charge in [-0.3, -0.25) is 4.79 Å². The van der Waals surface area contributed by atoms with Gasteiger partial charge in [0.25, 0.3) is 0 Å². The summed E-state index contributed by atoms with van der Waals surface area (Å²) in [4.78, 5) is 12.5. The number of carbonyl (C=O) groups is 1. The first-order valence-electron chi connectivity index (χ1n) is 6.67. The third-order valence-corrected chi connectivity index (χ3v) is 4.27. The fourth-order valence-corrected chi connectivity index (χ4v) is 2.87. The molecule has 96 valence electrons. The topological polar surface area (TPSA) is 46.5 Å². The molecule has 1 N–H and O–H groups in total. The predicted octanol–water partition coefficient (Wildman–Crippen LogP) is 2.36. The SMILES string of the molecule is O=C(c1ccc2c(c1)CCCO2)C1(CO)CCC1. The molecule has 3 nitrogen and oxygen atoms in total. The summed E-state index contributed by atoms with van der Waals surface area (Å²) in [5.41, 5.74) is 1.36. The second-order valence-electron chi connectivity index (χ2n) is 5.40. The predicted molar refractivity (Wildman–Crippen MR) is 68.0 cm³/mol. The summed E-state index contributed by atoms with van der Waals surface area (Å²) in [6.45, 7) is 0.736. The molecule has 18 heavy (non-hydrogen) atoms. The average molecular weight is 246 g/mol. The minimum absolute atomic E-state index is 0.0284. The monoisotopic (exact) mass is 246 g/mol. The van der Waals surface area contributed by atoms with E-state index in [1.54, 1.807) is 0 Å². The van der Waals surface area contributed by atoms with Crippen molar-refractivity contribution in [1.82, 2.24) is 0 Å². The molecule has 1 fully saturated rings. The first-order valence-corrected chi connectivity index (χ1v) is 6.67. The van der Waals surface area contributed by atoms with E-state index < -0.39 is 5.41 Å². The molecule has 0 amide bonds. The highest BCUT2D eigenvalue weighted by atomic mass is 16.5. The normalized spacial score (nSPS) is 20.5. The van der Waals surface area contributed by atoms with Crippen LogP contribution in [0.15, 0.2) is 18.2 Å². The number of aliphatic hydroxyl groups excluding tert-OH is 1. The summed E-state index contributed by atoms with van der Waals surface area (Å²) in [6.07, 6.45) is 4.66. The highest BCUT2D eigenvalue weighted by molar-refractivity contribution is 6.01. The fourth-order valence-electron chi connectivity index (χ4n) is 2.87. The van der Waals surface area contributed by atoms with Crippen molar-refractivity contribution in [2.24, 2.45) is 5.41 Å². The van der Waals surface area contributed by atoms with Gasteiger partial charge in [-0.25, -0.2) is 0 Å². The molecule has 0 unspecified atom stereocenters. The van der Waals surface area contributed by atoms with Gasteiger partial charge in [-0.05, 0) is 49.4 Å². The number of fused-ring (bicyclic) bond motifs is 1. The van der Waals surface area contributed by atoms with Gasteiger partial charge in [0, 0.05) is 5.56 Å². The zero-order valence-corrected chi connectivity index (χ0v) is 10.4. The zero-order chi connectivity index (χ0) is 12.6. The van der Waals surface area contributed by atoms with E-state index in [1.807, 2.05) is 18.2 Å². The van der Waals surface area contributed by atoms with Crippen molar-refractivity contribution in [3.8, 4) is 5.75 Å². The standard InChI is InChI=1S/C15H18O3/c16-10-15(6-2-7-15)14(17)12-4-5-13-11(9-12)3-1-8-18-13/h4-5,9,16H,1-3,6-8,10H2. The van der Waals surface area contributed by atoms with Gasteiger partial charge in [0.1, 0.15) is 5.75 Å². The van der Waals surface area contributed by atoms with Crippen LogP contribution in [0.5, 0.6) is 5.75 Å². The molecule has 0 aromatic heterocycles. The number of hydrogen-bond acceptors (Lipinski definition) is 3. The Kier molecular flexibility index (Phi) is 2.86. The van der Waals surface area contributed by atoms with Crippen LogP contribution in [0, 0.1) is 5.41 Å².